The van der Waals surface area contributed by atoms with Gasteiger partial charge < -0.3 is 15.3 Å². The van der Waals surface area contributed by atoms with Crippen molar-refractivity contribution in [3.8, 4) is 0 Å². The number of benzene rings is 2. The largest absolute Gasteiger partial charge is 0.392 e. The highest BCUT2D eigenvalue weighted by atomic mass is 79.9. The fourth-order valence-corrected chi connectivity index (χ4v) is 8.01. The molecule has 6 nitrogen and oxygen atoms in total. The van der Waals surface area contributed by atoms with Crippen LogP contribution in [0.3, 0.4) is 0 Å². The van der Waals surface area contributed by atoms with Crippen LogP contribution in [0.1, 0.15) is 68.9 Å². The van der Waals surface area contributed by atoms with Crippen molar-refractivity contribution in [2.75, 3.05) is 35.4 Å². The van der Waals surface area contributed by atoms with Gasteiger partial charge >= 0.3 is 0 Å². The van der Waals surface area contributed by atoms with E-state index in [2.05, 4.69) is 28.2 Å². The van der Waals surface area contributed by atoms with Crippen LogP contribution in [0.5, 0.6) is 0 Å². The number of aliphatic hydroxyl groups excluding tert-OH is 1. The van der Waals surface area contributed by atoms with E-state index in [4.69, 9.17) is 0 Å². The Hall–Kier alpha value is -2.03. The van der Waals surface area contributed by atoms with E-state index in [-0.39, 0.29) is 16.6 Å². The number of carbonyl (C=O) groups is 1. The predicted octanol–water partition coefficient (Wildman–Crippen LogP) is 5.94. The van der Waals surface area contributed by atoms with E-state index < -0.39 is 27.3 Å². The molecule has 0 bridgehead atoms. The summed E-state index contributed by atoms with van der Waals surface area (Å²) < 4.78 is 27.5. The molecule has 0 spiro atoms. The van der Waals surface area contributed by atoms with E-state index in [1.165, 1.54) is 0 Å². The van der Waals surface area contributed by atoms with Gasteiger partial charge in [0.05, 0.1) is 30.1 Å². The van der Waals surface area contributed by atoms with Gasteiger partial charge in [0.15, 0.2) is 9.84 Å². The number of nitrogens with zero attached hydrogens (tertiary/aromatic N) is 1. The highest BCUT2D eigenvalue weighted by Crippen LogP contribution is 2.49. The molecule has 8 heteroatoms. The molecule has 2 aromatic carbocycles. The number of amides is 1. The molecule has 0 aromatic heterocycles. The molecule has 0 unspecified atom stereocenters. The molecule has 2 N–H and O–H groups in total. The Morgan fingerprint density at radius 1 is 1.19 bits per heavy atom. The Kier molecular flexibility index (Phi) is 10.1. The molecule has 37 heavy (non-hydrogen) atoms. The molecular formula is C29H40BrN2O4S+. The van der Waals surface area contributed by atoms with Crippen molar-refractivity contribution in [3.63, 3.8) is 0 Å². The highest BCUT2D eigenvalue weighted by molar-refractivity contribution is 9.09. The first-order valence-corrected chi connectivity index (χ1v) is 15.8. The van der Waals surface area contributed by atoms with Crippen molar-refractivity contribution < 1.29 is 18.3 Å². The lowest BCUT2D eigenvalue weighted by atomic mass is 9.69. The van der Waals surface area contributed by atoms with E-state index in [0.717, 1.165) is 35.8 Å². The van der Waals surface area contributed by atoms with Gasteiger partial charge in [0.2, 0.25) is 5.91 Å². The van der Waals surface area contributed by atoms with Gasteiger partial charge in [-0.2, -0.15) is 0 Å². The van der Waals surface area contributed by atoms with Crippen LogP contribution in [0, 0.1) is 12.3 Å². The van der Waals surface area contributed by atoms with Crippen molar-refractivity contribution in [1.29, 1.82) is 0 Å². The smallest absolute Gasteiger partial charge is 0.224 e. The van der Waals surface area contributed by atoms with Crippen molar-refractivity contribution in [2.24, 2.45) is 5.41 Å². The number of carbonyl (C=O) groups excluding carboxylic acids is 1. The second-order valence-corrected chi connectivity index (χ2v) is 13.0. The summed E-state index contributed by atoms with van der Waals surface area (Å²) in [5.74, 6) is -0.732. The molecule has 0 saturated heterocycles. The Balaban J connectivity index is 2.16. The van der Waals surface area contributed by atoms with Crippen LogP contribution in [0.2, 0.25) is 0 Å². The number of rotatable bonds is 11. The van der Waals surface area contributed by atoms with Crippen LogP contribution in [0.25, 0.3) is 0 Å². The summed E-state index contributed by atoms with van der Waals surface area (Å²) in [6.07, 6.45) is 3.73. The molecule has 0 fully saturated rings. The van der Waals surface area contributed by atoms with Gasteiger partial charge in [0.1, 0.15) is 0 Å². The first kappa shape index (κ1) is 29.5. The molecule has 2 aromatic rings. The average Bonchev–Trinajstić information content (AvgIpc) is 2.93. The molecule has 0 aliphatic carbocycles. The molecule has 1 aliphatic heterocycles. The fraction of sp³-hybridized carbons (Fsp3) is 0.517. The lowest BCUT2D eigenvalue weighted by Crippen LogP contribution is -2.42. The Morgan fingerprint density at radius 3 is 2.59 bits per heavy atom. The maximum atomic E-state index is 13.8. The van der Waals surface area contributed by atoms with E-state index in [1.807, 2.05) is 62.3 Å². The summed E-state index contributed by atoms with van der Waals surface area (Å²) in [6, 6.07) is 12.9. The van der Waals surface area contributed by atoms with Gasteiger partial charge in [0, 0.05) is 48.6 Å². The van der Waals surface area contributed by atoms with Crippen molar-refractivity contribution >= 4 is 43.0 Å². The van der Waals surface area contributed by atoms with E-state index >= 15 is 0 Å². The number of halogens is 1. The fourth-order valence-electron chi connectivity index (χ4n) is 5.37. The van der Waals surface area contributed by atoms with Gasteiger partial charge in [-0.15, -0.1) is 0 Å². The van der Waals surface area contributed by atoms with Crippen LogP contribution < -0.4 is 10.2 Å². The number of unbranched alkanes of at least 4 members (excludes halogenated alkanes) is 2. The van der Waals surface area contributed by atoms with Gasteiger partial charge in [0.25, 0.3) is 0 Å². The van der Waals surface area contributed by atoms with Crippen LogP contribution in [0.4, 0.5) is 11.4 Å². The topological polar surface area (TPSA) is 86.7 Å². The van der Waals surface area contributed by atoms with Crippen molar-refractivity contribution in [1.82, 2.24) is 0 Å². The minimum Gasteiger partial charge on any atom is -0.392 e. The first-order chi connectivity index (χ1) is 17.6. The summed E-state index contributed by atoms with van der Waals surface area (Å²) in [5.41, 5.74) is 2.08. The number of alkyl halides is 1. The van der Waals surface area contributed by atoms with Crippen LogP contribution in [-0.4, -0.2) is 50.7 Å². The highest BCUT2D eigenvalue weighted by Gasteiger charge is 2.49. The zero-order valence-corrected chi connectivity index (χ0v) is 24.6. The van der Waals surface area contributed by atoms with Crippen LogP contribution >= 0.6 is 15.9 Å². The monoisotopic (exact) mass is 591 g/mol. The zero-order chi connectivity index (χ0) is 27.2. The lowest BCUT2D eigenvalue weighted by molar-refractivity contribution is -0.116. The minimum atomic E-state index is -3.66. The Morgan fingerprint density at radius 2 is 1.95 bits per heavy atom. The number of hydrogen-bond donors (Lipinski definition) is 2. The van der Waals surface area contributed by atoms with Crippen LogP contribution in [0.15, 0.2) is 47.4 Å². The third-order valence-electron chi connectivity index (χ3n) is 7.55. The molecule has 0 radical (unpaired) electrons. The third kappa shape index (κ3) is 6.70. The number of nitrogens with one attached hydrogen (secondary N) is 1. The van der Waals surface area contributed by atoms with Crippen LogP contribution in [-0.2, 0) is 14.6 Å². The van der Waals surface area contributed by atoms with E-state index in [1.54, 1.807) is 6.07 Å². The average molecular weight is 593 g/mol. The first-order valence-electron chi connectivity index (χ1n) is 13.1. The van der Waals surface area contributed by atoms with E-state index in [0.29, 0.717) is 36.9 Å². The molecule has 3 atom stereocenters. The van der Waals surface area contributed by atoms with Gasteiger partial charge in [-0.3, -0.25) is 4.79 Å². The van der Waals surface area contributed by atoms with E-state index in [9.17, 15) is 18.3 Å². The number of sulfone groups is 1. The third-order valence-corrected chi connectivity index (χ3v) is 10.1. The van der Waals surface area contributed by atoms with Crippen molar-refractivity contribution in [3.05, 3.63) is 60.5 Å². The molecular weight excluding hydrogens is 552 g/mol. The Labute approximate surface area is 230 Å². The maximum Gasteiger partial charge on any atom is 0.224 e. The number of anilines is 2. The van der Waals surface area contributed by atoms with Crippen molar-refractivity contribution in [2.45, 2.75) is 68.8 Å². The Bertz CT molecular complexity index is 1180. The standard InChI is InChI=1S/C29H39BrN2O4S/c1-5-7-16-29(6-2)20-37(35,36)25-15-14-23(32(3)4)19-24(25)27(28(29)34)21-11-10-12-22(18-21)31-26(33)13-8-9-17-30/h10-12,14-15,18-19,27-28,34H,1,5-9,13,16-17,20H2,2-4H3/p+1/t27-,28-,29+/m1/s1. The second-order valence-electron chi connectivity index (χ2n) is 10.3. The lowest BCUT2D eigenvalue weighted by Gasteiger charge is -2.39. The molecule has 3 rings (SSSR count). The molecule has 1 amide bonds. The summed E-state index contributed by atoms with van der Waals surface area (Å²) in [4.78, 5) is 14.7. The normalized spacial score (nSPS) is 22.6. The van der Waals surface area contributed by atoms with Gasteiger partial charge in [-0.05, 0) is 73.6 Å². The molecule has 202 valence electrons. The summed E-state index contributed by atoms with van der Waals surface area (Å²) in [5, 5.41) is 15.9. The molecule has 0 saturated carbocycles. The quantitative estimate of drug-likeness (QED) is 0.192. The maximum absolute atomic E-state index is 13.8. The summed E-state index contributed by atoms with van der Waals surface area (Å²) >= 11 is 3.39. The second kappa shape index (κ2) is 12.7. The molecule has 1 heterocycles. The zero-order valence-electron chi connectivity index (χ0n) is 22.2. The number of aliphatic hydroxyl groups is 1. The predicted molar refractivity (Wildman–Crippen MR) is 155 cm³/mol. The summed E-state index contributed by atoms with van der Waals surface area (Å²) in [7, 11) is 0.163. The molecule has 1 aliphatic rings. The minimum absolute atomic E-state index is 0.0595. The SMILES string of the molecule is [CH2+]CCC[C@@]1(CC)CS(=O)(=O)c2ccc(N(C)C)cc2[C@@H](c2cccc(NC(=O)CCCCBr)c2)[C@H]1O. The summed E-state index contributed by atoms with van der Waals surface area (Å²) in [6.45, 7) is 5.92. The van der Waals surface area contributed by atoms with Gasteiger partial charge in [-0.1, -0.05) is 35.0 Å². The number of fused-ring (bicyclic) bond motifs is 1. The number of hydrogen-bond acceptors (Lipinski definition) is 5. The van der Waals surface area contributed by atoms with Gasteiger partial charge in [-0.25, -0.2) is 8.42 Å².